The SMILES string of the molecule is O=C(NSNCCOCCOC(=O)N(CCO)CCO)OC[C@@H]1[C@@H]2CCC#CCC[C@@H]21. The summed E-state index contributed by atoms with van der Waals surface area (Å²) in [5, 5.41) is 17.8. The van der Waals surface area contributed by atoms with Gasteiger partial charge < -0.3 is 29.3 Å². The van der Waals surface area contributed by atoms with E-state index < -0.39 is 12.2 Å². The van der Waals surface area contributed by atoms with Gasteiger partial charge in [-0.15, -0.1) is 11.8 Å². The lowest BCUT2D eigenvalue weighted by atomic mass is 10.1. The molecule has 0 aromatic heterocycles. The van der Waals surface area contributed by atoms with Crippen LogP contribution in [0.4, 0.5) is 9.59 Å². The number of hydrogen-bond donors (Lipinski definition) is 4. The van der Waals surface area contributed by atoms with E-state index in [1.807, 2.05) is 0 Å². The largest absolute Gasteiger partial charge is 0.449 e. The molecule has 0 aromatic rings. The van der Waals surface area contributed by atoms with Gasteiger partial charge in [-0.25, -0.2) is 14.3 Å². The van der Waals surface area contributed by atoms with E-state index in [-0.39, 0.29) is 39.5 Å². The average molecular weight is 460 g/mol. The predicted molar refractivity (Wildman–Crippen MR) is 115 cm³/mol. The van der Waals surface area contributed by atoms with Crippen LogP contribution in [-0.4, -0.2) is 86.6 Å². The number of ether oxygens (including phenoxy) is 3. The van der Waals surface area contributed by atoms with Crippen LogP contribution in [0.2, 0.25) is 0 Å². The van der Waals surface area contributed by atoms with Gasteiger partial charge in [-0.05, 0) is 30.6 Å². The molecule has 2 aliphatic carbocycles. The van der Waals surface area contributed by atoms with Gasteiger partial charge in [-0.1, -0.05) is 0 Å². The Morgan fingerprint density at radius 1 is 1.00 bits per heavy atom. The van der Waals surface area contributed by atoms with Gasteiger partial charge in [0.25, 0.3) is 0 Å². The summed E-state index contributed by atoms with van der Waals surface area (Å²) in [7, 11) is 0. The second-order valence-corrected chi connectivity index (χ2v) is 7.98. The third-order valence-corrected chi connectivity index (χ3v) is 5.87. The number of aliphatic hydroxyl groups is 2. The lowest BCUT2D eigenvalue weighted by Crippen LogP contribution is -2.36. The van der Waals surface area contributed by atoms with E-state index in [0.29, 0.717) is 37.5 Å². The molecule has 0 aromatic carbocycles. The normalized spacial score (nSPS) is 21.5. The third kappa shape index (κ3) is 9.97. The molecule has 0 aliphatic heterocycles. The molecule has 2 amide bonds. The molecular formula is C20H33N3O7S. The van der Waals surface area contributed by atoms with E-state index in [4.69, 9.17) is 24.4 Å². The number of fused-ring (bicyclic) bond motifs is 1. The summed E-state index contributed by atoms with van der Waals surface area (Å²) in [5.74, 6) is 8.11. The van der Waals surface area contributed by atoms with E-state index in [2.05, 4.69) is 21.3 Å². The fraction of sp³-hybridized carbons (Fsp3) is 0.800. The number of nitrogens with zero attached hydrogens (tertiary/aromatic N) is 1. The van der Waals surface area contributed by atoms with Crippen LogP contribution >= 0.6 is 12.1 Å². The van der Waals surface area contributed by atoms with E-state index >= 15 is 0 Å². The summed E-state index contributed by atoms with van der Waals surface area (Å²) in [6.45, 7) is 1.39. The number of aliphatic hydroxyl groups excluding tert-OH is 2. The van der Waals surface area contributed by atoms with Gasteiger partial charge in [0.1, 0.15) is 6.61 Å². The highest BCUT2D eigenvalue weighted by Gasteiger charge is 2.49. The van der Waals surface area contributed by atoms with Gasteiger partial charge in [-0.2, -0.15) is 0 Å². The fourth-order valence-corrected chi connectivity index (χ4v) is 4.04. The molecule has 0 saturated heterocycles. The summed E-state index contributed by atoms with van der Waals surface area (Å²) in [6.07, 6.45) is 3.03. The lowest BCUT2D eigenvalue weighted by Gasteiger charge is -2.19. The summed E-state index contributed by atoms with van der Waals surface area (Å²) in [6, 6.07) is 0. The topological polar surface area (TPSA) is 130 Å². The Hall–Kier alpha value is -1.71. The third-order valence-electron chi connectivity index (χ3n) is 5.25. The van der Waals surface area contributed by atoms with Crippen LogP contribution in [0.1, 0.15) is 25.7 Å². The maximum absolute atomic E-state index is 11.8. The Morgan fingerprint density at radius 2 is 1.68 bits per heavy atom. The minimum absolute atomic E-state index is 0.0686. The zero-order valence-corrected chi connectivity index (χ0v) is 18.5. The Morgan fingerprint density at radius 3 is 2.32 bits per heavy atom. The molecule has 0 heterocycles. The predicted octanol–water partition coefficient (Wildman–Crippen LogP) is 0.745. The van der Waals surface area contributed by atoms with Crippen LogP contribution in [0.15, 0.2) is 0 Å². The van der Waals surface area contributed by atoms with Crippen molar-refractivity contribution in [2.75, 3.05) is 59.3 Å². The van der Waals surface area contributed by atoms with E-state index in [1.165, 1.54) is 4.90 Å². The Kier molecular flexibility index (Phi) is 12.5. The van der Waals surface area contributed by atoms with Gasteiger partial charge >= 0.3 is 12.2 Å². The quantitative estimate of drug-likeness (QED) is 0.169. The van der Waals surface area contributed by atoms with Gasteiger partial charge in [-0.3, -0.25) is 4.72 Å². The van der Waals surface area contributed by atoms with Crippen LogP contribution in [0.3, 0.4) is 0 Å². The minimum atomic E-state index is -0.604. The standard InChI is InChI=1S/C20H33N3O7S/c24-10-8-23(9-11-25)20(27)29-14-13-28-12-7-21-31-22-19(26)30-15-18-16-5-3-1-2-4-6-17(16)18/h16-18,21,24-25H,3-15H2,(H,22,26)/t16-,17+,18-. The van der Waals surface area contributed by atoms with Gasteiger partial charge in [0, 0.05) is 44.6 Å². The van der Waals surface area contributed by atoms with Crippen LogP contribution < -0.4 is 9.44 Å². The van der Waals surface area contributed by atoms with Crippen LogP contribution in [-0.2, 0) is 14.2 Å². The molecule has 176 valence electrons. The monoisotopic (exact) mass is 459 g/mol. The first-order valence-electron chi connectivity index (χ1n) is 10.7. The first-order valence-corrected chi connectivity index (χ1v) is 11.5. The summed E-state index contributed by atoms with van der Waals surface area (Å²) in [5.41, 5.74) is 0. The van der Waals surface area contributed by atoms with Crippen LogP contribution in [0.5, 0.6) is 0 Å². The molecule has 2 aliphatic rings. The molecule has 0 unspecified atom stereocenters. The van der Waals surface area contributed by atoms with E-state index in [9.17, 15) is 9.59 Å². The number of amides is 2. The fourth-order valence-electron chi connectivity index (χ4n) is 3.64. The van der Waals surface area contributed by atoms with Crippen molar-refractivity contribution >= 4 is 24.3 Å². The van der Waals surface area contributed by atoms with Gasteiger partial charge in [0.15, 0.2) is 0 Å². The van der Waals surface area contributed by atoms with Crippen molar-refractivity contribution in [3.8, 4) is 11.8 Å². The summed E-state index contributed by atoms with van der Waals surface area (Å²) in [4.78, 5) is 24.7. The molecule has 11 heteroatoms. The second kappa shape index (κ2) is 15.2. The number of carbonyl (C=O) groups is 2. The molecule has 1 fully saturated rings. The Labute approximate surface area is 187 Å². The molecule has 0 spiro atoms. The number of nitrogens with one attached hydrogen (secondary N) is 2. The van der Waals surface area contributed by atoms with Crippen molar-refractivity contribution in [2.45, 2.75) is 25.7 Å². The first-order chi connectivity index (χ1) is 15.2. The molecular weight excluding hydrogens is 426 g/mol. The summed E-state index contributed by atoms with van der Waals surface area (Å²) < 4.78 is 21.1. The number of hydrogen-bond acceptors (Lipinski definition) is 9. The maximum Gasteiger partial charge on any atom is 0.418 e. The smallest absolute Gasteiger partial charge is 0.418 e. The highest BCUT2D eigenvalue weighted by Crippen LogP contribution is 2.52. The van der Waals surface area contributed by atoms with Gasteiger partial charge in [0.05, 0.1) is 33.0 Å². The zero-order chi connectivity index (χ0) is 22.3. The highest BCUT2D eigenvalue weighted by molar-refractivity contribution is 7.96. The molecule has 1 saturated carbocycles. The molecule has 3 atom stereocenters. The van der Waals surface area contributed by atoms with Crippen molar-refractivity contribution < 1.29 is 34.0 Å². The van der Waals surface area contributed by atoms with Crippen molar-refractivity contribution in [2.24, 2.45) is 17.8 Å². The highest BCUT2D eigenvalue weighted by atomic mass is 32.2. The zero-order valence-electron chi connectivity index (χ0n) is 17.7. The minimum Gasteiger partial charge on any atom is -0.449 e. The molecule has 31 heavy (non-hydrogen) atoms. The van der Waals surface area contributed by atoms with E-state index in [0.717, 1.165) is 37.8 Å². The number of carbonyl (C=O) groups excluding carboxylic acids is 2. The van der Waals surface area contributed by atoms with Crippen LogP contribution in [0, 0.1) is 29.6 Å². The molecule has 0 bridgehead atoms. The maximum atomic E-state index is 11.8. The van der Waals surface area contributed by atoms with Crippen molar-refractivity contribution in [1.82, 2.24) is 14.3 Å². The number of rotatable bonds is 14. The Balaban J connectivity index is 1.39. The second-order valence-electron chi connectivity index (χ2n) is 7.28. The molecule has 2 rings (SSSR count). The van der Waals surface area contributed by atoms with Crippen molar-refractivity contribution in [1.29, 1.82) is 0 Å². The average Bonchev–Trinajstić information content (AvgIpc) is 3.39. The Bertz CT molecular complexity index is 589. The molecule has 4 N–H and O–H groups in total. The first kappa shape index (κ1) is 25.5. The summed E-state index contributed by atoms with van der Waals surface area (Å²) >= 11 is 1.04. The molecule has 10 nitrogen and oxygen atoms in total. The van der Waals surface area contributed by atoms with Crippen molar-refractivity contribution in [3.63, 3.8) is 0 Å². The van der Waals surface area contributed by atoms with Crippen LogP contribution in [0.25, 0.3) is 0 Å². The van der Waals surface area contributed by atoms with E-state index in [1.54, 1.807) is 0 Å². The lowest BCUT2D eigenvalue weighted by molar-refractivity contribution is 0.0503. The molecule has 0 radical (unpaired) electrons. The van der Waals surface area contributed by atoms with Gasteiger partial charge in [0.2, 0.25) is 0 Å². The van der Waals surface area contributed by atoms with Crippen molar-refractivity contribution in [3.05, 3.63) is 0 Å².